The summed E-state index contributed by atoms with van der Waals surface area (Å²) in [4.78, 5) is 0. The van der Waals surface area contributed by atoms with Crippen molar-refractivity contribution in [3.63, 3.8) is 0 Å². The molecule has 1 aromatic carbocycles. The van der Waals surface area contributed by atoms with E-state index in [1.165, 1.54) is 17.3 Å². The summed E-state index contributed by atoms with van der Waals surface area (Å²) in [7, 11) is 0. The fraction of sp³-hybridized carbons (Fsp3) is 0.429. The smallest absolute Gasteiger partial charge is 0.191 e. The highest BCUT2D eigenvalue weighted by atomic mass is 32.2. The highest BCUT2D eigenvalue weighted by molar-refractivity contribution is 7.99. The van der Waals surface area contributed by atoms with Crippen molar-refractivity contribution in [2.75, 3.05) is 5.75 Å². The highest BCUT2D eigenvalue weighted by Crippen LogP contribution is 2.20. The Hall–Kier alpha value is -1.37. The molecular formula is C14H20N4OS. The van der Waals surface area contributed by atoms with E-state index in [-0.39, 0.29) is 6.10 Å². The molecule has 5 nitrogen and oxygen atoms in total. The van der Waals surface area contributed by atoms with Gasteiger partial charge in [-0.2, -0.15) is 0 Å². The van der Waals surface area contributed by atoms with Gasteiger partial charge in [-0.25, -0.2) is 0 Å². The van der Waals surface area contributed by atoms with E-state index in [4.69, 9.17) is 5.73 Å². The topological polar surface area (TPSA) is 77.0 Å². The molecule has 1 atom stereocenters. The van der Waals surface area contributed by atoms with Crippen LogP contribution in [0.2, 0.25) is 0 Å². The Balaban J connectivity index is 2.14. The summed E-state index contributed by atoms with van der Waals surface area (Å²) in [5.74, 6) is 1.39. The third kappa shape index (κ3) is 3.82. The Bertz CT molecular complexity index is 529. The molecule has 6 heteroatoms. The van der Waals surface area contributed by atoms with Gasteiger partial charge in [-0.1, -0.05) is 49.0 Å². The maximum absolute atomic E-state index is 9.66. The third-order valence-corrected chi connectivity index (χ3v) is 4.15. The van der Waals surface area contributed by atoms with E-state index in [1.54, 1.807) is 0 Å². The van der Waals surface area contributed by atoms with Crippen molar-refractivity contribution in [1.82, 2.24) is 14.8 Å². The largest absolute Gasteiger partial charge is 0.392 e. The summed E-state index contributed by atoms with van der Waals surface area (Å²) in [6.07, 6.45) is 0.423. The van der Waals surface area contributed by atoms with Crippen LogP contribution in [0, 0.1) is 0 Å². The number of nitrogens with two attached hydrogens (primary N) is 1. The van der Waals surface area contributed by atoms with Crippen LogP contribution in [0.1, 0.15) is 24.7 Å². The maximum atomic E-state index is 9.66. The van der Waals surface area contributed by atoms with E-state index in [0.29, 0.717) is 18.8 Å². The Morgan fingerprint density at radius 3 is 2.70 bits per heavy atom. The third-order valence-electron chi connectivity index (χ3n) is 3.04. The lowest BCUT2D eigenvalue weighted by Crippen LogP contribution is -2.12. The van der Waals surface area contributed by atoms with Gasteiger partial charge in [-0.3, -0.25) is 0 Å². The second kappa shape index (κ2) is 7.42. The Morgan fingerprint density at radius 2 is 2.05 bits per heavy atom. The second-order valence-corrected chi connectivity index (χ2v) is 5.53. The van der Waals surface area contributed by atoms with Crippen LogP contribution >= 0.6 is 11.8 Å². The number of thioether (sulfide) groups is 1. The number of aromatic nitrogens is 3. The molecule has 0 aliphatic rings. The molecule has 0 aliphatic heterocycles. The van der Waals surface area contributed by atoms with Crippen molar-refractivity contribution in [3.05, 3.63) is 41.7 Å². The zero-order chi connectivity index (χ0) is 14.4. The van der Waals surface area contributed by atoms with Gasteiger partial charge in [0.05, 0.1) is 19.2 Å². The summed E-state index contributed by atoms with van der Waals surface area (Å²) in [5.41, 5.74) is 6.90. The summed E-state index contributed by atoms with van der Waals surface area (Å²) in [5, 5.41) is 18.8. The second-order valence-electron chi connectivity index (χ2n) is 4.55. The van der Waals surface area contributed by atoms with Crippen LogP contribution in [0.4, 0.5) is 0 Å². The van der Waals surface area contributed by atoms with Crippen molar-refractivity contribution < 1.29 is 5.11 Å². The molecule has 0 saturated carbocycles. The first-order chi connectivity index (χ1) is 9.74. The fourth-order valence-electron chi connectivity index (χ4n) is 1.79. The molecule has 3 N–H and O–H groups in total. The summed E-state index contributed by atoms with van der Waals surface area (Å²) < 4.78 is 2.02. The van der Waals surface area contributed by atoms with Gasteiger partial charge in [-0.05, 0) is 12.0 Å². The normalized spacial score (nSPS) is 12.6. The van der Waals surface area contributed by atoms with Crippen molar-refractivity contribution >= 4 is 11.8 Å². The summed E-state index contributed by atoms with van der Waals surface area (Å²) in [6, 6.07) is 10.1. The molecule has 1 heterocycles. The van der Waals surface area contributed by atoms with E-state index in [2.05, 4.69) is 22.3 Å². The molecule has 0 radical (unpaired) electrons. The van der Waals surface area contributed by atoms with Crippen LogP contribution in [0.5, 0.6) is 0 Å². The highest BCUT2D eigenvalue weighted by Gasteiger charge is 2.13. The fourth-order valence-corrected chi connectivity index (χ4v) is 2.79. The van der Waals surface area contributed by atoms with Crippen LogP contribution in [-0.4, -0.2) is 31.7 Å². The number of hydrogen-bond acceptors (Lipinski definition) is 5. The van der Waals surface area contributed by atoms with Crippen LogP contribution in [0.25, 0.3) is 0 Å². The predicted octanol–water partition coefficient (Wildman–Crippen LogP) is 1.65. The van der Waals surface area contributed by atoms with Crippen molar-refractivity contribution in [3.8, 4) is 0 Å². The van der Waals surface area contributed by atoms with Crippen LogP contribution in [0.3, 0.4) is 0 Å². The van der Waals surface area contributed by atoms with E-state index < -0.39 is 0 Å². The molecule has 20 heavy (non-hydrogen) atoms. The van der Waals surface area contributed by atoms with Gasteiger partial charge >= 0.3 is 0 Å². The molecule has 1 aromatic heterocycles. The SMILES string of the molecule is CC[C@H](O)CSc1nnc(CN)n1Cc1ccccc1. The predicted molar refractivity (Wildman–Crippen MR) is 80.5 cm³/mol. The van der Waals surface area contributed by atoms with E-state index in [0.717, 1.165) is 17.4 Å². The monoisotopic (exact) mass is 292 g/mol. The molecule has 2 aromatic rings. The molecule has 0 unspecified atom stereocenters. The lowest BCUT2D eigenvalue weighted by Gasteiger charge is -2.10. The van der Waals surface area contributed by atoms with Gasteiger partial charge in [0.25, 0.3) is 0 Å². The number of rotatable bonds is 7. The Kier molecular flexibility index (Phi) is 5.58. The van der Waals surface area contributed by atoms with E-state index >= 15 is 0 Å². The first-order valence-electron chi connectivity index (χ1n) is 6.71. The zero-order valence-electron chi connectivity index (χ0n) is 11.6. The summed E-state index contributed by atoms with van der Waals surface area (Å²) in [6.45, 7) is 3.02. The van der Waals surface area contributed by atoms with Crippen LogP contribution < -0.4 is 5.73 Å². The lowest BCUT2D eigenvalue weighted by atomic mass is 10.2. The van der Waals surface area contributed by atoms with Gasteiger partial charge in [0.2, 0.25) is 0 Å². The Morgan fingerprint density at radius 1 is 1.30 bits per heavy atom. The maximum Gasteiger partial charge on any atom is 0.191 e. The average Bonchev–Trinajstić information content (AvgIpc) is 2.87. The van der Waals surface area contributed by atoms with Crippen molar-refractivity contribution in [2.45, 2.75) is 37.7 Å². The minimum absolute atomic E-state index is 0.316. The number of nitrogens with zero attached hydrogens (tertiary/aromatic N) is 3. The van der Waals surface area contributed by atoms with E-state index in [1.807, 2.05) is 29.7 Å². The molecule has 0 fully saturated rings. The number of aliphatic hydroxyl groups excluding tert-OH is 1. The van der Waals surface area contributed by atoms with Crippen molar-refractivity contribution in [2.24, 2.45) is 5.73 Å². The molecular weight excluding hydrogens is 272 g/mol. The molecule has 108 valence electrons. The average molecular weight is 292 g/mol. The molecule has 0 bridgehead atoms. The van der Waals surface area contributed by atoms with E-state index in [9.17, 15) is 5.11 Å². The van der Waals surface area contributed by atoms with Crippen molar-refractivity contribution in [1.29, 1.82) is 0 Å². The summed E-state index contributed by atoms with van der Waals surface area (Å²) >= 11 is 1.52. The minimum atomic E-state index is -0.316. The molecule has 0 saturated heterocycles. The first-order valence-corrected chi connectivity index (χ1v) is 7.70. The molecule has 0 amide bonds. The minimum Gasteiger partial charge on any atom is -0.392 e. The number of benzene rings is 1. The van der Waals surface area contributed by atoms with Crippen LogP contribution in [0.15, 0.2) is 35.5 Å². The number of aliphatic hydroxyl groups is 1. The van der Waals surface area contributed by atoms with Gasteiger partial charge in [0, 0.05) is 5.75 Å². The molecule has 0 aliphatic carbocycles. The Labute approximate surface area is 123 Å². The standard InChI is InChI=1S/C14H20N4OS/c1-2-12(19)10-20-14-17-16-13(8-15)18(14)9-11-6-4-3-5-7-11/h3-7,12,19H,2,8-10,15H2,1H3/t12-/m0/s1. The van der Waals surface area contributed by atoms with Crippen LogP contribution in [-0.2, 0) is 13.1 Å². The lowest BCUT2D eigenvalue weighted by molar-refractivity contribution is 0.195. The first kappa shape index (κ1) is 15.0. The quantitative estimate of drug-likeness (QED) is 0.759. The van der Waals surface area contributed by atoms with Gasteiger partial charge in [-0.15, -0.1) is 10.2 Å². The van der Waals surface area contributed by atoms with Gasteiger partial charge in [0.15, 0.2) is 5.16 Å². The van der Waals surface area contributed by atoms with Gasteiger partial charge in [0.1, 0.15) is 5.82 Å². The zero-order valence-corrected chi connectivity index (χ0v) is 12.4. The molecule has 0 spiro atoms. The number of hydrogen-bond donors (Lipinski definition) is 2. The van der Waals surface area contributed by atoms with Gasteiger partial charge < -0.3 is 15.4 Å². The molecule has 2 rings (SSSR count).